The lowest BCUT2D eigenvalue weighted by Crippen LogP contribution is -2.29. The van der Waals surface area contributed by atoms with Gasteiger partial charge < -0.3 is 5.43 Å². The van der Waals surface area contributed by atoms with Crippen LogP contribution in [0.25, 0.3) is 10.9 Å². The molecule has 2 N–H and O–H groups in total. The molecule has 1 fully saturated rings. The molecule has 0 bridgehead atoms. The second-order valence-electron chi connectivity index (χ2n) is 4.69. The molecule has 2 aromatic rings. The van der Waals surface area contributed by atoms with Crippen LogP contribution in [0.1, 0.15) is 19.2 Å². The number of aliphatic imine (C=N–C) groups is 1. The quantitative estimate of drug-likeness (QED) is 0.839. The summed E-state index contributed by atoms with van der Waals surface area (Å²) >= 11 is 6.04. The molecule has 3 rings (SSSR count). The van der Waals surface area contributed by atoms with E-state index >= 15 is 0 Å². The normalized spacial score (nSPS) is 21.0. The highest BCUT2D eigenvalue weighted by Crippen LogP contribution is 2.26. The van der Waals surface area contributed by atoms with E-state index in [2.05, 4.69) is 32.7 Å². The van der Waals surface area contributed by atoms with Gasteiger partial charge in [0.25, 0.3) is 0 Å². The Morgan fingerprint density at radius 3 is 2.95 bits per heavy atom. The summed E-state index contributed by atoms with van der Waals surface area (Å²) in [6.07, 6.45) is 0.852. The monoisotopic (exact) mass is 275 g/mol. The van der Waals surface area contributed by atoms with Gasteiger partial charge in [-0.2, -0.15) is 0 Å². The van der Waals surface area contributed by atoms with Crippen LogP contribution in [0.2, 0.25) is 5.02 Å². The Morgan fingerprint density at radius 1 is 1.37 bits per heavy atom. The fourth-order valence-electron chi connectivity index (χ4n) is 2.08. The molecule has 0 radical (unpaired) electrons. The first-order chi connectivity index (χ1) is 9.11. The molecule has 98 valence electrons. The molecule has 5 nitrogen and oxygen atoms in total. The summed E-state index contributed by atoms with van der Waals surface area (Å²) < 4.78 is 0. The highest BCUT2D eigenvalue weighted by atomic mass is 35.5. The molecular formula is C13H14ClN5. The standard InChI is InChI=1S/C13H14ClN5/c1-7-5-12(19-18-7)17-13-10-6-9(14)3-4-11(10)15-8(2)16-13/h3-4,6-7,18H,5H2,1-2H3,(H,15,16,17,19). The maximum Gasteiger partial charge on any atom is 0.165 e. The number of hydrazine groups is 1. The van der Waals surface area contributed by atoms with Crippen LogP contribution in [0.5, 0.6) is 0 Å². The molecule has 1 unspecified atom stereocenters. The molecule has 1 aliphatic rings. The number of hydrogen-bond donors (Lipinski definition) is 2. The molecule has 1 aromatic heterocycles. The van der Waals surface area contributed by atoms with Gasteiger partial charge in [-0.15, -0.1) is 0 Å². The first kappa shape index (κ1) is 12.3. The van der Waals surface area contributed by atoms with Crippen LogP contribution in [0.3, 0.4) is 0 Å². The highest BCUT2D eigenvalue weighted by molar-refractivity contribution is 6.31. The first-order valence-corrected chi connectivity index (χ1v) is 6.52. The minimum atomic E-state index is 0.372. The third-order valence-electron chi connectivity index (χ3n) is 2.95. The summed E-state index contributed by atoms with van der Waals surface area (Å²) in [5, 5.41) is 1.53. The molecule has 1 aliphatic heterocycles. The molecule has 1 saturated heterocycles. The fourth-order valence-corrected chi connectivity index (χ4v) is 2.26. The minimum absolute atomic E-state index is 0.372. The van der Waals surface area contributed by atoms with E-state index in [9.17, 15) is 0 Å². The molecule has 19 heavy (non-hydrogen) atoms. The lowest BCUT2D eigenvalue weighted by Gasteiger charge is -2.04. The van der Waals surface area contributed by atoms with E-state index in [1.807, 2.05) is 25.1 Å². The molecule has 0 spiro atoms. The number of nitrogens with zero attached hydrogens (tertiary/aromatic N) is 3. The second-order valence-corrected chi connectivity index (χ2v) is 5.13. The average Bonchev–Trinajstić information content (AvgIpc) is 2.76. The summed E-state index contributed by atoms with van der Waals surface area (Å²) in [4.78, 5) is 13.4. The van der Waals surface area contributed by atoms with Gasteiger partial charge in [-0.3, -0.25) is 0 Å². The summed E-state index contributed by atoms with van der Waals surface area (Å²) in [6, 6.07) is 5.93. The lowest BCUT2D eigenvalue weighted by molar-refractivity contribution is 0.602. The predicted molar refractivity (Wildman–Crippen MR) is 76.7 cm³/mol. The van der Waals surface area contributed by atoms with E-state index in [0.29, 0.717) is 22.7 Å². The van der Waals surface area contributed by atoms with Crippen LogP contribution in [0.15, 0.2) is 23.2 Å². The van der Waals surface area contributed by atoms with Crippen molar-refractivity contribution in [3.05, 3.63) is 29.0 Å². The Labute approximate surface area is 116 Å². The van der Waals surface area contributed by atoms with Gasteiger partial charge in [-0.25, -0.2) is 20.4 Å². The van der Waals surface area contributed by atoms with Gasteiger partial charge in [-0.1, -0.05) is 11.6 Å². The van der Waals surface area contributed by atoms with Gasteiger partial charge in [0.05, 0.1) is 5.52 Å². The van der Waals surface area contributed by atoms with Gasteiger partial charge in [-0.05, 0) is 32.0 Å². The fraction of sp³-hybridized carbons (Fsp3) is 0.308. The Balaban J connectivity index is 2.14. The van der Waals surface area contributed by atoms with Crippen LogP contribution >= 0.6 is 11.6 Å². The Kier molecular flexibility index (Phi) is 3.08. The Hall–Kier alpha value is -1.72. The zero-order valence-corrected chi connectivity index (χ0v) is 11.5. The number of rotatable bonds is 1. The molecule has 0 amide bonds. The smallest absolute Gasteiger partial charge is 0.165 e. The van der Waals surface area contributed by atoms with Gasteiger partial charge in [0.15, 0.2) is 5.82 Å². The zero-order valence-electron chi connectivity index (χ0n) is 10.7. The van der Waals surface area contributed by atoms with Crippen molar-refractivity contribution in [3.63, 3.8) is 0 Å². The van der Waals surface area contributed by atoms with Gasteiger partial charge in [0.2, 0.25) is 0 Å². The van der Waals surface area contributed by atoms with Crippen LogP contribution in [-0.4, -0.2) is 21.8 Å². The third kappa shape index (κ3) is 2.52. The van der Waals surface area contributed by atoms with Crippen LogP contribution in [0, 0.1) is 6.92 Å². The van der Waals surface area contributed by atoms with E-state index in [0.717, 1.165) is 23.2 Å². The van der Waals surface area contributed by atoms with Crippen molar-refractivity contribution >= 4 is 34.2 Å². The van der Waals surface area contributed by atoms with E-state index < -0.39 is 0 Å². The minimum Gasteiger partial charge on any atom is -0.309 e. The summed E-state index contributed by atoms with van der Waals surface area (Å²) in [5.74, 6) is 2.24. The summed E-state index contributed by atoms with van der Waals surface area (Å²) in [6.45, 7) is 3.95. The van der Waals surface area contributed by atoms with E-state index in [1.165, 1.54) is 0 Å². The van der Waals surface area contributed by atoms with E-state index in [1.54, 1.807) is 0 Å². The van der Waals surface area contributed by atoms with Crippen LogP contribution in [-0.2, 0) is 0 Å². The number of nitrogens with one attached hydrogen (secondary N) is 2. The highest BCUT2D eigenvalue weighted by Gasteiger charge is 2.15. The van der Waals surface area contributed by atoms with Gasteiger partial charge >= 0.3 is 0 Å². The van der Waals surface area contributed by atoms with E-state index in [4.69, 9.17) is 11.6 Å². The van der Waals surface area contributed by atoms with Crippen LogP contribution < -0.4 is 10.9 Å². The Bertz CT molecular complexity index is 667. The van der Waals surface area contributed by atoms with Gasteiger partial charge in [0.1, 0.15) is 11.7 Å². The third-order valence-corrected chi connectivity index (χ3v) is 3.19. The molecule has 6 heteroatoms. The summed E-state index contributed by atoms with van der Waals surface area (Å²) in [5.41, 5.74) is 7.03. The van der Waals surface area contributed by atoms with E-state index in [-0.39, 0.29) is 0 Å². The largest absolute Gasteiger partial charge is 0.309 e. The molecule has 2 heterocycles. The Morgan fingerprint density at radius 2 is 2.21 bits per heavy atom. The average molecular weight is 276 g/mol. The zero-order chi connectivity index (χ0) is 13.4. The number of amidine groups is 1. The topological polar surface area (TPSA) is 62.2 Å². The molecule has 1 atom stereocenters. The van der Waals surface area contributed by atoms with Crippen molar-refractivity contribution in [2.24, 2.45) is 4.99 Å². The SMILES string of the molecule is Cc1nc(N=C2CC(C)NN2)c2cc(Cl)ccc2n1. The molecule has 1 aromatic carbocycles. The van der Waals surface area contributed by atoms with Crippen molar-refractivity contribution in [3.8, 4) is 0 Å². The first-order valence-electron chi connectivity index (χ1n) is 6.15. The molecule has 0 saturated carbocycles. The van der Waals surface area contributed by atoms with Crippen LogP contribution in [0.4, 0.5) is 5.82 Å². The predicted octanol–water partition coefficient (Wildman–Crippen LogP) is 2.51. The molecular weight excluding hydrogens is 262 g/mol. The maximum atomic E-state index is 6.04. The number of halogens is 1. The maximum absolute atomic E-state index is 6.04. The number of hydrogen-bond acceptors (Lipinski definition) is 4. The number of aromatic nitrogens is 2. The van der Waals surface area contributed by atoms with Crippen molar-refractivity contribution in [2.75, 3.05) is 0 Å². The molecule has 0 aliphatic carbocycles. The van der Waals surface area contributed by atoms with Crippen molar-refractivity contribution in [1.82, 2.24) is 20.8 Å². The van der Waals surface area contributed by atoms with Gasteiger partial charge in [0, 0.05) is 22.9 Å². The van der Waals surface area contributed by atoms with Crippen molar-refractivity contribution in [2.45, 2.75) is 26.3 Å². The number of fused-ring (bicyclic) bond motifs is 1. The number of aryl methyl sites for hydroxylation is 1. The van der Waals surface area contributed by atoms with Crippen molar-refractivity contribution < 1.29 is 0 Å². The number of benzene rings is 1. The summed E-state index contributed by atoms with van der Waals surface area (Å²) in [7, 11) is 0. The van der Waals surface area contributed by atoms with Crippen molar-refractivity contribution in [1.29, 1.82) is 0 Å². The second kappa shape index (κ2) is 4.75. The lowest BCUT2D eigenvalue weighted by atomic mass is 10.2.